The van der Waals surface area contributed by atoms with Crippen molar-refractivity contribution in [3.05, 3.63) is 47.1 Å². The lowest BCUT2D eigenvalue weighted by Crippen LogP contribution is -2.05. The molecule has 2 N–H and O–H groups in total. The van der Waals surface area contributed by atoms with Crippen molar-refractivity contribution in [2.45, 2.75) is 25.8 Å². The lowest BCUT2D eigenvalue weighted by atomic mass is 10.0. The van der Waals surface area contributed by atoms with E-state index in [9.17, 15) is 0 Å². The van der Waals surface area contributed by atoms with Gasteiger partial charge in [-0.25, -0.2) is 0 Å². The molecule has 0 aliphatic carbocycles. The van der Waals surface area contributed by atoms with E-state index in [1.807, 2.05) is 18.2 Å². The van der Waals surface area contributed by atoms with Crippen LogP contribution in [0.2, 0.25) is 0 Å². The molecular weight excluding hydrogens is 254 g/mol. The predicted molar refractivity (Wildman–Crippen MR) is 74.1 cm³/mol. The first-order valence-corrected chi connectivity index (χ1v) is 7.01. The summed E-state index contributed by atoms with van der Waals surface area (Å²) in [6, 6.07) is 8.08. The summed E-state index contributed by atoms with van der Waals surface area (Å²) in [5, 5.41) is 4.06. The number of hydrogen-bond acceptors (Lipinski definition) is 5. The molecule has 0 spiro atoms. The average Bonchev–Trinajstić information content (AvgIpc) is 3.12. The summed E-state index contributed by atoms with van der Waals surface area (Å²) in [4.78, 5) is 4.47. The molecule has 1 aliphatic heterocycles. The fourth-order valence-corrected chi connectivity index (χ4v) is 2.54. The van der Waals surface area contributed by atoms with Gasteiger partial charge in [-0.2, -0.15) is 4.98 Å². The van der Waals surface area contributed by atoms with Crippen LogP contribution in [-0.4, -0.2) is 23.4 Å². The molecule has 0 saturated carbocycles. The second kappa shape index (κ2) is 6.15. The zero-order valence-electron chi connectivity index (χ0n) is 11.4. The molecule has 0 radical (unpaired) electrons. The van der Waals surface area contributed by atoms with E-state index in [2.05, 4.69) is 16.2 Å². The van der Waals surface area contributed by atoms with Crippen molar-refractivity contribution in [2.75, 3.05) is 13.2 Å². The molecular formula is C15H19N3O2. The third-order valence-electron chi connectivity index (χ3n) is 3.69. The van der Waals surface area contributed by atoms with Gasteiger partial charge in [-0.1, -0.05) is 29.4 Å². The van der Waals surface area contributed by atoms with E-state index < -0.39 is 0 Å². The standard InChI is InChI=1S/C15H19N3O2/c16-9-13-4-2-1-3-12(13)8-15-17-14(18-20-15)7-11-5-6-19-10-11/h1-4,11H,5-10,16H2. The van der Waals surface area contributed by atoms with Crippen LogP contribution in [0.5, 0.6) is 0 Å². The van der Waals surface area contributed by atoms with E-state index in [0.717, 1.165) is 43.0 Å². The number of benzene rings is 1. The summed E-state index contributed by atoms with van der Waals surface area (Å²) >= 11 is 0. The van der Waals surface area contributed by atoms with Crippen molar-refractivity contribution in [1.82, 2.24) is 10.1 Å². The van der Waals surface area contributed by atoms with Gasteiger partial charge in [-0.15, -0.1) is 0 Å². The van der Waals surface area contributed by atoms with Crippen LogP contribution in [0, 0.1) is 5.92 Å². The predicted octanol–water partition coefficient (Wildman–Crippen LogP) is 1.70. The summed E-state index contributed by atoms with van der Waals surface area (Å²) in [6.45, 7) is 2.18. The number of rotatable bonds is 5. The fourth-order valence-electron chi connectivity index (χ4n) is 2.54. The Kier molecular flexibility index (Phi) is 4.08. The van der Waals surface area contributed by atoms with Gasteiger partial charge in [-0.05, 0) is 23.5 Å². The number of aromatic nitrogens is 2. The minimum Gasteiger partial charge on any atom is -0.381 e. The number of hydrogen-bond donors (Lipinski definition) is 1. The van der Waals surface area contributed by atoms with E-state index in [1.54, 1.807) is 0 Å². The van der Waals surface area contributed by atoms with Gasteiger partial charge in [-0.3, -0.25) is 0 Å². The van der Waals surface area contributed by atoms with Crippen LogP contribution in [-0.2, 0) is 24.1 Å². The largest absolute Gasteiger partial charge is 0.381 e. The Labute approximate surface area is 118 Å². The normalized spacial score (nSPS) is 18.6. The van der Waals surface area contributed by atoms with E-state index >= 15 is 0 Å². The molecule has 5 heteroatoms. The highest BCUT2D eigenvalue weighted by molar-refractivity contribution is 5.28. The minimum atomic E-state index is 0.524. The Morgan fingerprint density at radius 3 is 2.85 bits per heavy atom. The Balaban J connectivity index is 1.67. The molecule has 0 amide bonds. The summed E-state index contributed by atoms with van der Waals surface area (Å²) in [7, 11) is 0. The van der Waals surface area contributed by atoms with Crippen LogP contribution in [0.15, 0.2) is 28.8 Å². The van der Waals surface area contributed by atoms with Crippen molar-refractivity contribution < 1.29 is 9.26 Å². The molecule has 3 rings (SSSR count). The highest BCUT2D eigenvalue weighted by atomic mass is 16.5. The van der Waals surface area contributed by atoms with E-state index in [4.69, 9.17) is 15.0 Å². The van der Waals surface area contributed by atoms with Crippen molar-refractivity contribution in [1.29, 1.82) is 0 Å². The fraction of sp³-hybridized carbons (Fsp3) is 0.467. The second-order valence-corrected chi connectivity index (χ2v) is 5.19. The van der Waals surface area contributed by atoms with E-state index in [-0.39, 0.29) is 0 Å². The summed E-state index contributed by atoms with van der Waals surface area (Å²) < 4.78 is 10.7. The maximum absolute atomic E-state index is 5.74. The van der Waals surface area contributed by atoms with Crippen LogP contribution in [0.4, 0.5) is 0 Å². The maximum atomic E-state index is 5.74. The van der Waals surface area contributed by atoms with Crippen molar-refractivity contribution in [3.8, 4) is 0 Å². The number of nitrogens with two attached hydrogens (primary N) is 1. The molecule has 0 bridgehead atoms. The maximum Gasteiger partial charge on any atom is 0.231 e. The van der Waals surface area contributed by atoms with Crippen LogP contribution in [0.1, 0.15) is 29.3 Å². The first-order chi connectivity index (χ1) is 9.85. The van der Waals surface area contributed by atoms with Crippen LogP contribution in [0.25, 0.3) is 0 Å². The highest BCUT2D eigenvalue weighted by Crippen LogP contribution is 2.18. The number of nitrogens with zero attached hydrogens (tertiary/aromatic N) is 2. The summed E-state index contributed by atoms with van der Waals surface area (Å²) in [6.07, 6.45) is 2.56. The minimum absolute atomic E-state index is 0.524. The molecule has 5 nitrogen and oxygen atoms in total. The van der Waals surface area contributed by atoms with Gasteiger partial charge in [0.1, 0.15) is 0 Å². The zero-order valence-corrected chi connectivity index (χ0v) is 11.4. The van der Waals surface area contributed by atoms with Gasteiger partial charge in [0.05, 0.1) is 6.42 Å². The molecule has 1 aromatic heterocycles. The Morgan fingerprint density at radius 1 is 1.25 bits per heavy atom. The second-order valence-electron chi connectivity index (χ2n) is 5.19. The van der Waals surface area contributed by atoms with Crippen LogP contribution in [0.3, 0.4) is 0 Å². The molecule has 106 valence electrons. The first-order valence-electron chi connectivity index (χ1n) is 7.01. The third kappa shape index (κ3) is 3.05. The van der Waals surface area contributed by atoms with Gasteiger partial charge < -0.3 is 15.0 Å². The lowest BCUT2D eigenvalue weighted by Gasteiger charge is -2.04. The van der Waals surface area contributed by atoms with Crippen LogP contribution < -0.4 is 5.73 Å². The molecule has 1 unspecified atom stereocenters. The van der Waals surface area contributed by atoms with Crippen LogP contribution >= 0.6 is 0 Å². The SMILES string of the molecule is NCc1ccccc1Cc1nc(CC2CCOC2)no1. The topological polar surface area (TPSA) is 74.2 Å². The molecule has 20 heavy (non-hydrogen) atoms. The summed E-state index contributed by atoms with van der Waals surface area (Å²) in [5.74, 6) is 1.96. The van der Waals surface area contributed by atoms with Crippen molar-refractivity contribution in [2.24, 2.45) is 11.7 Å². The van der Waals surface area contributed by atoms with Gasteiger partial charge in [0.25, 0.3) is 0 Å². The van der Waals surface area contributed by atoms with E-state index in [0.29, 0.717) is 24.8 Å². The Morgan fingerprint density at radius 2 is 2.10 bits per heavy atom. The lowest BCUT2D eigenvalue weighted by molar-refractivity contribution is 0.185. The summed E-state index contributed by atoms with van der Waals surface area (Å²) in [5.41, 5.74) is 8.01. The highest BCUT2D eigenvalue weighted by Gasteiger charge is 2.19. The van der Waals surface area contributed by atoms with Gasteiger partial charge >= 0.3 is 0 Å². The monoisotopic (exact) mass is 273 g/mol. The molecule has 1 saturated heterocycles. The van der Waals surface area contributed by atoms with Gasteiger partial charge in [0, 0.05) is 26.2 Å². The first kappa shape index (κ1) is 13.3. The zero-order chi connectivity index (χ0) is 13.8. The average molecular weight is 273 g/mol. The van der Waals surface area contributed by atoms with Gasteiger partial charge in [0.2, 0.25) is 5.89 Å². The molecule has 1 aromatic carbocycles. The van der Waals surface area contributed by atoms with Gasteiger partial charge in [0.15, 0.2) is 5.82 Å². The quantitative estimate of drug-likeness (QED) is 0.897. The molecule has 2 aromatic rings. The Bertz CT molecular complexity index is 562. The smallest absolute Gasteiger partial charge is 0.231 e. The van der Waals surface area contributed by atoms with E-state index in [1.165, 1.54) is 0 Å². The Hall–Kier alpha value is -1.72. The third-order valence-corrected chi connectivity index (χ3v) is 3.69. The molecule has 1 atom stereocenters. The molecule has 1 fully saturated rings. The van der Waals surface area contributed by atoms with Crippen molar-refractivity contribution in [3.63, 3.8) is 0 Å². The number of ether oxygens (including phenoxy) is 1. The molecule has 2 heterocycles. The molecule has 1 aliphatic rings. The van der Waals surface area contributed by atoms with Crippen molar-refractivity contribution >= 4 is 0 Å².